The summed E-state index contributed by atoms with van der Waals surface area (Å²) in [5.74, 6) is -5.68. The van der Waals surface area contributed by atoms with Crippen LogP contribution in [0.25, 0.3) is 0 Å². The zero-order valence-electron chi connectivity index (χ0n) is 19.6. The lowest BCUT2D eigenvalue weighted by Crippen LogP contribution is -2.53. The van der Waals surface area contributed by atoms with Crippen molar-refractivity contribution in [2.24, 2.45) is 5.92 Å². The smallest absolute Gasteiger partial charge is 0.456 e. The minimum atomic E-state index is -5.78. The van der Waals surface area contributed by atoms with Crippen LogP contribution < -0.4 is 4.74 Å². The number of halogens is 6. The zero-order chi connectivity index (χ0) is 26.7. The molecule has 1 saturated heterocycles. The maximum Gasteiger partial charge on any atom is 0.456 e. The molecule has 1 aromatic carbocycles. The quantitative estimate of drug-likeness (QED) is 0.479. The lowest BCUT2D eigenvalue weighted by molar-refractivity contribution is -0.292. The van der Waals surface area contributed by atoms with E-state index < -0.39 is 40.5 Å². The summed E-state index contributed by atoms with van der Waals surface area (Å²) in [7, 11) is -3.52. The van der Waals surface area contributed by atoms with Gasteiger partial charge in [-0.15, -0.1) is 0 Å². The minimum absolute atomic E-state index is 0.0134. The Morgan fingerprint density at radius 3 is 2.17 bits per heavy atom. The third kappa shape index (κ3) is 7.17. The van der Waals surface area contributed by atoms with Gasteiger partial charge in [0.25, 0.3) is 0 Å². The van der Waals surface area contributed by atoms with Gasteiger partial charge in [0.05, 0.1) is 11.5 Å². The second-order valence-electron chi connectivity index (χ2n) is 9.13. The van der Waals surface area contributed by atoms with Crippen LogP contribution in [-0.2, 0) is 14.6 Å². The Kier molecular flexibility index (Phi) is 8.69. The molecule has 1 aliphatic carbocycles. The van der Waals surface area contributed by atoms with E-state index >= 15 is 0 Å². The third-order valence-electron chi connectivity index (χ3n) is 6.50. The highest BCUT2D eigenvalue weighted by molar-refractivity contribution is 7.90. The molecule has 3 rings (SSSR count). The number of carbonyl (C=O) groups is 1. The van der Waals surface area contributed by atoms with E-state index in [4.69, 9.17) is 4.74 Å². The fourth-order valence-electron chi connectivity index (χ4n) is 4.31. The number of rotatable bonds is 7. The van der Waals surface area contributed by atoms with Crippen LogP contribution >= 0.6 is 0 Å². The Morgan fingerprint density at radius 1 is 1.03 bits per heavy atom. The summed E-state index contributed by atoms with van der Waals surface area (Å²) in [5.41, 5.74) is 0. The number of amides is 1. The molecular formula is C22H28F6N2O5S. The van der Waals surface area contributed by atoms with Crippen LogP contribution in [0.4, 0.5) is 31.1 Å². The number of alkyl halides is 5. The van der Waals surface area contributed by atoms with Crippen molar-refractivity contribution in [1.82, 2.24) is 9.80 Å². The van der Waals surface area contributed by atoms with E-state index in [0.29, 0.717) is 13.1 Å². The van der Waals surface area contributed by atoms with Gasteiger partial charge in [-0.1, -0.05) is 0 Å². The van der Waals surface area contributed by atoms with Crippen molar-refractivity contribution in [1.29, 1.82) is 0 Å². The number of benzene rings is 1. The maximum atomic E-state index is 14.2. The van der Waals surface area contributed by atoms with Crippen molar-refractivity contribution in [2.45, 2.75) is 48.7 Å². The third-order valence-corrected chi connectivity index (χ3v) is 7.61. The molecule has 1 amide bonds. The van der Waals surface area contributed by atoms with Crippen molar-refractivity contribution >= 4 is 15.9 Å². The van der Waals surface area contributed by atoms with Gasteiger partial charge >= 0.3 is 18.2 Å². The molecule has 204 valence electrons. The van der Waals surface area contributed by atoms with Crippen molar-refractivity contribution in [3.05, 3.63) is 24.0 Å². The molecule has 1 saturated carbocycles. The first-order valence-corrected chi connectivity index (χ1v) is 13.3. The summed E-state index contributed by atoms with van der Waals surface area (Å²) in [6.45, 7) is -0.579. The van der Waals surface area contributed by atoms with Gasteiger partial charge in [-0.05, 0) is 49.8 Å². The van der Waals surface area contributed by atoms with Gasteiger partial charge in [-0.25, -0.2) is 17.6 Å². The number of sulfone groups is 1. The van der Waals surface area contributed by atoms with Crippen LogP contribution in [0.5, 0.6) is 5.75 Å². The lowest BCUT2D eigenvalue weighted by Gasteiger charge is -2.41. The first-order valence-electron chi connectivity index (χ1n) is 11.4. The summed E-state index contributed by atoms with van der Waals surface area (Å²) in [4.78, 5) is 15.0. The minimum Gasteiger partial charge on any atom is -0.490 e. The normalized spacial score (nSPS) is 22.4. The first kappa shape index (κ1) is 28.4. The van der Waals surface area contributed by atoms with Crippen LogP contribution in [0.2, 0.25) is 0 Å². The lowest BCUT2D eigenvalue weighted by atomic mass is 9.85. The second kappa shape index (κ2) is 11.0. The molecule has 0 atom stereocenters. The highest BCUT2D eigenvalue weighted by Gasteiger charge is 2.58. The number of hydrogen-bond donors (Lipinski definition) is 0. The Balaban J connectivity index is 1.39. The number of ether oxygens (including phenoxy) is 2. The highest BCUT2D eigenvalue weighted by atomic mass is 32.2. The van der Waals surface area contributed by atoms with Gasteiger partial charge < -0.3 is 14.4 Å². The molecule has 7 nitrogen and oxygen atoms in total. The van der Waals surface area contributed by atoms with E-state index in [1.165, 1.54) is 12.1 Å². The topological polar surface area (TPSA) is 76.2 Å². The molecule has 0 aromatic heterocycles. The predicted molar refractivity (Wildman–Crippen MR) is 116 cm³/mol. The molecule has 36 heavy (non-hydrogen) atoms. The number of hydrogen-bond acceptors (Lipinski definition) is 6. The van der Waals surface area contributed by atoms with E-state index in [-0.39, 0.29) is 42.3 Å². The number of nitrogens with zero attached hydrogens (tertiary/aromatic N) is 2. The monoisotopic (exact) mass is 546 g/mol. The van der Waals surface area contributed by atoms with Crippen molar-refractivity contribution in [3.63, 3.8) is 0 Å². The Bertz CT molecular complexity index is 1020. The van der Waals surface area contributed by atoms with Gasteiger partial charge in [0.2, 0.25) is 0 Å². The zero-order valence-corrected chi connectivity index (χ0v) is 20.4. The van der Waals surface area contributed by atoms with E-state index in [1.54, 1.807) is 0 Å². The Morgan fingerprint density at radius 2 is 1.64 bits per heavy atom. The van der Waals surface area contributed by atoms with E-state index in [9.17, 15) is 39.6 Å². The van der Waals surface area contributed by atoms with Gasteiger partial charge in [0, 0.05) is 38.5 Å². The summed E-state index contributed by atoms with van der Waals surface area (Å²) in [6, 6.07) is 3.74. The largest absolute Gasteiger partial charge is 0.490 e. The van der Waals surface area contributed by atoms with Gasteiger partial charge in [0.1, 0.15) is 0 Å². The standard InChI is InChI=1S/C22H28F6N2O5S/c1-36(32,33)17-6-7-19(18(23)12-17)34-13-15-2-4-16(5-3-15)29-8-10-30(11-9-29)20(31)35-14-21(24,25)22(26,27)28/h6-7,12,15-16H,2-5,8-11,13-14H2,1H3/t15-,16-. The van der Waals surface area contributed by atoms with Crippen LogP contribution in [0.15, 0.2) is 23.1 Å². The molecule has 2 aliphatic rings. The molecule has 0 N–H and O–H groups in total. The van der Waals surface area contributed by atoms with E-state index in [1.807, 2.05) is 0 Å². The van der Waals surface area contributed by atoms with Crippen molar-refractivity contribution < 1.29 is 49.0 Å². The molecule has 0 spiro atoms. The Labute approximate surface area is 205 Å². The summed E-state index contributed by atoms with van der Waals surface area (Å²) in [5, 5.41) is 0. The van der Waals surface area contributed by atoms with E-state index in [0.717, 1.165) is 42.9 Å². The van der Waals surface area contributed by atoms with Gasteiger partial charge in [-0.2, -0.15) is 22.0 Å². The summed E-state index contributed by atoms with van der Waals surface area (Å²) < 4.78 is 109. The van der Waals surface area contributed by atoms with Gasteiger partial charge in [-0.3, -0.25) is 4.90 Å². The van der Waals surface area contributed by atoms with Crippen LogP contribution in [-0.4, -0.2) is 88.1 Å². The molecule has 2 fully saturated rings. The molecule has 0 bridgehead atoms. The average molecular weight is 547 g/mol. The molecule has 0 unspecified atom stereocenters. The SMILES string of the molecule is CS(=O)(=O)c1ccc(OC[C@H]2CC[C@H](N3CCN(C(=O)OCC(F)(F)C(F)(F)F)CC3)CC2)c(F)c1. The second-order valence-corrected chi connectivity index (χ2v) is 11.1. The van der Waals surface area contributed by atoms with Crippen molar-refractivity contribution in [2.75, 3.05) is 45.6 Å². The van der Waals surface area contributed by atoms with Crippen LogP contribution in [0.3, 0.4) is 0 Å². The molecule has 14 heteroatoms. The summed E-state index contributed by atoms with van der Waals surface area (Å²) >= 11 is 0. The van der Waals surface area contributed by atoms with Crippen molar-refractivity contribution in [3.8, 4) is 5.75 Å². The number of piperazine rings is 1. The predicted octanol–water partition coefficient (Wildman–Crippen LogP) is 4.12. The first-order chi connectivity index (χ1) is 16.7. The fourth-order valence-corrected chi connectivity index (χ4v) is 4.94. The van der Waals surface area contributed by atoms with Crippen LogP contribution in [0.1, 0.15) is 25.7 Å². The molecule has 1 heterocycles. The highest BCUT2D eigenvalue weighted by Crippen LogP contribution is 2.35. The Hall–Kier alpha value is -2.22. The van der Waals surface area contributed by atoms with E-state index in [2.05, 4.69) is 9.64 Å². The molecule has 0 radical (unpaired) electrons. The number of carbonyl (C=O) groups excluding carboxylic acids is 1. The van der Waals surface area contributed by atoms with Crippen LogP contribution in [0, 0.1) is 11.7 Å². The molecular weight excluding hydrogens is 518 g/mol. The molecule has 1 aliphatic heterocycles. The average Bonchev–Trinajstić information content (AvgIpc) is 2.81. The van der Waals surface area contributed by atoms with Gasteiger partial charge in [0.15, 0.2) is 28.0 Å². The maximum absolute atomic E-state index is 14.2. The molecule has 1 aromatic rings. The fraction of sp³-hybridized carbons (Fsp3) is 0.682. The summed E-state index contributed by atoms with van der Waals surface area (Å²) in [6.07, 6.45) is -2.72.